The minimum Gasteiger partial charge on any atom is -0.468 e. The number of carbonyl (C=O) groups is 1. The maximum absolute atomic E-state index is 12.6. The molecule has 1 unspecified atom stereocenters. The summed E-state index contributed by atoms with van der Waals surface area (Å²) in [6.45, 7) is 1.66. The maximum Gasteiger partial charge on any atom is 0.424 e. The van der Waals surface area contributed by atoms with Crippen LogP contribution in [0.3, 0.4) is 0 Å². The zero-order valence-corrected chi connectivity index (χ0v) is 16.2. The Labute approximate surface area is 167 Å². The van der Waals surface area contributed by atoms with Gasteiger partial charge in [-0.05, 0) is 42.8 Å². The number of benzene rings is 2. The molecule has 5 nitrogen and oxygen atoms in total. The lowest BCUT2D eigenvalue weighted by molar-refractivity contribution is -0.139. The largest absolute Gasteiger partial charge is 0.468 e. The fraction of sp³-hybridized carbons (Fsp3) is 0.222. The normalized spacial score (nSPS) is 13.0. The van der Waals surface area contributed by atoms with Gasteiger partial charge in [-0.1, -0.05) is 11.6 Å². The van der Waals surface area contributed by atoms with E-state index in [1.807, 2.05) is 6.07 Å². The Morgan fingerprint density at radius 1 is 1.29 bits per heavy atom. The molecule has 0 aliphatic heterocycles. The van der Waals surface area contributed by atoms with Gasteiger partial charge in [0.25, 0.3) is 0 Å². The molecule has 2 aliphatic rings. The van der Waals surface area contributed by atoms with Gasteiger partial charge in [-0.2, -0.15) is 25.8 Å². The fourth-order valence-corrected chi connectivity index (χ4v) is 2.95. The number of fused-ring (bicyclic) bond motifs is 3. The molecule has 1 aromatic carbocycles. The second-order valence-electron chi connectivity index (χ2n) is 5.94. The molecule has 28 heavy (non-hydrogen) atoms. The van der Waals surface area contributed by atoms with Crippen LogP contribution in [0.1, 0.15) is 12.5 Å². The third kappa shape index (κ3) is 3.77. The molecule has 0 N–H and O–H groups in total. The molecule has 0 amide bonds. The Balaban J connectivity index is 0.000000279. The topological polar surface area (TPSA) is 61.4 Å². The van der Waals surface area contributed by atoms with Crippen molar-refractivity contribution in [1.29, 1.82) is 0 Å². The molecule has 0 spiro atoms. The van der Waals surface area contributed by atoms with Crippen LogP contribution in [-0.4, -0.2) is 22.9 Å². The Morgan fingerprint density at radius 3 is 2.46 bits per heavy atom. The van der Waals surface area contributed by atoms with Crippen LogP contribution in [0.2, 0.25) is 5.02 Å². The predicted octanol–water partition coefficient (Wildman–Crippen LogP) is 4.71. The lowest BCUT2D eigenvalue weighted by Crippen LogP contribution is -2.13. The van der Waals surface area contributed by atoms with E-state index in [1.54, 1.807) is 13.0 Å². The monoisotopic (exact) mass is 431 g/mol. The molecule has 2 aliphatic carbocycles. The van der Waals surface area contributed by atoms with Crippen LogP contribution in [0.4, 0.5) is 13.2 Å². The number of alkyl halides is 3. The van der Waals surface area contributed by atoms with E-state index in [-0.39, 0.29) is 21.9 Å². The van der Waals surface area contributed by atoms with E-state index in [9.17, 15) is 22.8 Å². The molecule has 1 atom stereocenters. The highest BCUT2D eigenvalue weighted by Gasteiger charge is 2.32. The first kappa shape index (κ1) is 20.3. The molecular weight excluding hydrogens is 419 g/mol. The number of oxazole rings is 1. The number of ether oxygens (including phenoxy) is 1. The first-order chi connectivity index (χ1) is 13.0. The number of rotatable bonds is 2. The van der Waals surface area contributed by atoms with E-state index in [0.717, 1.165) is 23.3 Å². The van der Waals surface area contributed by atoms with Gasteiger partial charge in [0, 0.05) is 5.56 Å². The van der Waals surface area contributed by atoms with Crippen molar-refractivity contribution in [2.24, 2.45) is 0 Å². The Morgan fingerprint density at radius 2 is 1.96 bits per heavy atom. The number of esters is 1. The van der Waals surface area contributed by atoms with Gasteiger partial charge >= 0.3 is 17.9 Å². The second-order valence-corrected chi connectivity index (χ2v) is 7.12. The highest BCUT2D eigenvalue weighted by molar-refractivity contribution is 7.81. The number of hydrogen-bond donors (Lipinski definition) is 1. The van der Waals surface area contributed by atoms with Gasteiger partial charge in [-0.15, -0.1) is 0 Å². The number of aromatic nitrogens is 1. The molecule has 148 valence electrons. The van der Waals surface area contributed by atoms with E-state index in [1.165, 1.54) is 17.7 Å². The quantitative estimate of drug-likeness (QED) is 0.369. The van der Waals surface area contributed by atoms with Gasteiger partial charge in [-0.3, -0.25) is 4.79 Å². The maximum atomic E-state index is 12.6. The van der Waals surface area contributed by atoms with Crippen LogP contribution in [0.5, 0.6) is 0 Å². The molecule has 1 aromatic heterocycles. The molecule has 0 saturated carbocycles. The van der Waals surface area contributed by atoms with Crippen molar-refractivity contribution in [1.82, 2.24) is 4.57 Å². The van der Waals surface area contributed by atoms with Crippen molar-refractivity contribution >= 4 is 41.3 Å². The van der Waals surface area contributed by atoms with E-state index in [0.29, 0.717) is 11.1 Å². The summed E-state index contributed by atoms with van der Waals surface area (Å²) in [6, 6.07) is 6.42. The predicted molar refractivity (Wildman–Crippen MR) is 101 cm³/mol. The minimum atomic E-state index is -4.49. The van der Waals surface area contributed by atoms with Crippen molar-refractivity contribution < 1.29 is 27.1 Å². The molecule has 0 bridgehead atoms. The average Bonchev–Trinajstić information content (AvgIpc) is 3.17. The highest BCUT2D eigenvalue weighted by atomic mass is 35.5. The van der Waals surface area contributed by atoms with E-state index < -0.39 is 17.5 Å². The lowest BCUT2D eigenvalue weighted by Gasteiger charge is -2.10. The average molecular weight is 432 g/mol. The SMILES string of the molecule is COC(=O)C(C)S.O=c1oc2cc3cc-3c2n1-c1ccc(C(F)(F)F)cc1Cl. The smallest absolute Gasteiger partial charge is 0.424 e. The van der Waals surface area contributed by atoms with Crippen LogP contribution in [0.15, 0.2) is 39.5 Å². The van der Waals surface area contributed by atoms with Crippen molar-refractivity contribution in [2.45, 2.75) is 18.3 Å². The lowest BCUT2D eigenvalue weighted by atomic mass is 10.2. The van der Waals surface area contributed by atoms with Gasteiger partial charge < -0.3 is 9.15 Å². The second kappa shape index (κ2) is 7.21. The molecule has 1 heterocycles. The Bertz CT molecular complexity index is 1130. The Kier molecular flexibility index (Phi) is 5.24. The summed E-state index contributed by atoms with van der Waals surface area (Å²) < 4.78 is 48.5. The minimum absolute atomic E-state index is 0.162. The van der Waals surface area contributed by atoms with Crippen LogP contribution in [0.25, 0.3) is 27.9 Å². The number of carbonyl (C=O) groups excluding carboxylic acids is 1. The zero-order valence-electron chi connectivity index (χ0n) is 14.5. The van der Waals surface area contributed by atoms with Crippen molar-refractivity contribution in [3.05, 3.63) is 51.5 Å². The van der Waals surface area contributed by atoms with Crippen LogP contribution in [-0.2, 0) is 15.7 Å². The summed E-state index contributed by atoms with van der Waals surface area (Å²) in [5.41, 5.74) is 2.06. The summed E-state index contributed by atoms with van der Waals surface area (Å²) in [6.07, 6.45) is -4.49. The van der Waals surface area contributed by atoms with Crippen molar-refractivity contribution in [2.75, 3.05) is 7.11 Å². The number of halogens is 4. The first-order valence-corrected chi connectivity index (χ1v) is 8.77. The molecule has 0 saturated heterocycles. The third-order valence-electron chi connectivity index (χ3n) is 3.96. The summed E-state index contributed by atoms with van der Waals surface area (Å²) in [4.78, 5) is 22.1. The molecule has 0 radical (unpaired) electrons. The van der Waals surface area contributed by atoms with Gasteiger partial charge in [0.05, 0.1) is 28.6 Å². The molecule has 4 rings (SSSR count). The van der Waals surface area contributed by atoms with E-state index in [2.05, 4.69) is 17.4 Å². The summed E-state index contributed by atoms with van der Waals surface area (Å²) in [7, 11) is 1.34. The molecular formula is C18H13ClF3NO4S. The summed E-state index contributed by atoms with van der Waals surface area (Å²) in [5, 5.41) is -0.463. The first-order valence-electron chi connectivity index (χ1n) is 7.87. The zero-order chi connectivity index (χ0) is 20.8. The van der Waals surface area contributed by atoms with Gasteiger partial charge in [0.15, 0.2) is 5.58 Å². The van der Waals surface area contributed by atoms with Crippen molar-refractivity contribution in [3.63, 3.8) is 0 Å². The number of hydrogen-bond acceptors (Lipinski definition) is 5. The third-order valence-corrected chi connectivity index (χ3v) is 4.48. The van der Waals surface area contributed by atoms with Crippen LogP contribution in [0, 0.1) is 0 Å². The van der Waals surface area contributed by atoms with Gasteiger partial charge in [0.1, 0.15) is 5.52 Å². The van der Waals surface area contributed by atoms with Gasteiger partial charge in [0.2, 0.25) is 0 Å². The summed E-state index contributed by atoms with van der Waals surface area (Å²) >= 11 is 9.72. The number of nitrogens with zero attached hydrogens (tertiary/aromatic N) is 1. The van der Waals surface area contributed by atoms with E-state index >= 15 is 0 Å². The summed E-state index contributed by atoms with van der Waals surface area (Å²) in [5.74, 6) is -0.965. The van der Waals surface area contributed by atoms with Gasteiger partial charge in [-0.25, -0.2) is 9.36 Å². The number of methoxy groups -OCH3 is 1. The van der Waals surface area contributed by atoms with E-state index in [4.69, 9.17) is 16.0 Å². The fourth-order valence-electron chi connectivity index (χ4n) is 2.58. The molecule has 10 heteroatoms. The number of thiol groups is 1. The standard InChI is InChI=1S/C14H5ClF3NO2.C4H8O2S/c15-9-5-7(14(16,17)18)1-2-10(9)19-12-8-3-6(8)4-11(12)21-13(19)20;1-3(7)4(5)6-2/h1-5H;3,7H,1-2H3. The Hall–Kier alpha value is -2.39. The molecule has 0 fully saturated rings. The highest BCUT2D eigenvalue weighted by Crippen LogP contribution is 2.44. The van der Waals surface area contributed by atoms with Crippen molar-refractivity contribution in [3.8, 4) is 16.8 Å². The van der Waals surface area contributed by atoms with Crippen LogP contribution >= 0.6 is 24.2 Å². The molecule has 2 aromatic rings. The van der Waals surface area contributed by atoms with Crippen LogP contribution < -0.4 is 5.76 Å².